The lowest BCUT2D eigenvalue weighted by Gasteiger charge is -2.13. The number of hydrogen-bond acceptors (Lipinski definition) is 3. The number of nitrogens with zero attached hydrogens (tertiary/aromatic N) is 2. The lowest BCUT2D eigenvalue weighted by atomic mass is 10.0. The second-order valence-electron chi connectivity index (χ2n) is 6.78. The van der Waals surface area contributed by atoms with Crippen molar-refractivity contribution in [3.8, 4) is 10.6 Å². The van der Waals surface area contributed by atoms with Crippen LogP contribution in [0.5, 0.6) is 0 Å². The number of hydrogen-bond donors (Lipinski definition) is 1. The number of nitrogens with two attached hydrogens (primary N) is 1. The summed E-state index contributed by atoms with van der Waals surface area (Å²) < 4.78 is 29.0. The number of carbonyl (C=O) groups excluding carboxylic acids is 1. The molecule has 0 aliphatic carbocycles. The highest BCUT2D eigenvalue weighted by atomic mass is 32.1. The second kappa shape index (κ2) is 8.65. The van der Waals surface area contributed by atoms with E-state index in [0.29, 0.717) is 23.4 Å². The maximum Gasteiger partial charge on any atom is 0.251 e. The number of amides is 1. The molecule has 7 heteroatoms. The van der Waals surface area contributed by atoms with Crippen molar-refractivity contribution in [3.05, 3.63) is 63.9 Å². The highest BCUT2D eigenvalue weighted by Gasteiger charge is 2.26. The Kier molecular flexibility index (Phi) is 6.24. The van der Waals surface area contributed by atoms with Crippen molar-refractivity contribution in [2.45, 2.75) is 46.1 Å². The van der Waals surface area contributed by atoms with Crippen molar-refractivity contribution >= 4 is 17.2 Å². The van der Waals surface area contributed by atoms with Crippen molar-refractivity contribution < 1.29 is 13.6 Å². The maximum atomic E-state index is 13.7. The first-order valence-corrected chi connectivity index (χ1v) is 10.2. The van der Waals surface area contributed by atoms with E-state index in [0.717, 1.165) is 48.0 Å². The lowest BCUT2D eigenvalue weighted by molar-refractivity contribution is 0.1000. The zero-order valence-electron chi connectivity index (χ0n) is 16.0. The summed E-state index contributed by atoms with van der Waals surface area (Å²) in [4.78, 5) is 16.7. The Morgan fingerprint density at radius 1 is 1.25 bits per heavy atom. The number of benzene rings is 1. The molecule has 2 aromatic heterocycles. The molecule has 0 bridgehead atoms. The molecule has 148 valence electrons. The summed E-state index contributed by atoms with van der Waals surface area (Å²) in [5.74, 6) is -2.27. The molecular weight excluding hydrogens is 380 g/mol. The fourth-order valence-electron chi connectivity index (χ4n) is 3.51. The Hall–Kier alpha value is -2.54. The Morgan fingerprint density at radius 2 is 2.04 bits per heavy atom. The predicted molar refractivity (Wildman–Crippen MR) is 107 cm³/mol. The van der Waals surface area contributed by atoms with Crippen LogP contribution in [0.1, 0.15) is 53.5 Å². The number of aromatic nitrogens is 2. The minimum absolute atomic E-state index is 0.330. The minimum Gasteiger partial charge on any atom is -0.366 e. The molecule has 0 radical (unpaired) electrons. The molecule has 0 unspecified atom stereocenters. The molecular formula is C21H23F2N3OS. The van der Waals surface area contributed by atoms with Gasteiger partial charge >= 0.3 is 0 Å². The molecule has 28 heavy (non-hydrogen) atoms. The zero-order chi connectivity index (χ0) is 20.3. The quantitative estimate of drug-likeness (QED) is 0.533. The van der Waals surface area contributed by atoms with E-state index in [1.165, 1.54) is 17.4 Å². The van der Waals surface area contributed by atoms with E-state index in [-0.39, 0.29) is 0 Å². The van der Waals surface area contributed by atoms with Crippen molar-refractivity contribution in [2.24, 2.45) is 5.73 Å². The molecule has 1 aromatic carbocycles. The van der Waals surface area contributed by atoms with E-state index >= 15 is 0 Å². The molecule has 0 fully saturated rings. The average Bonchev–Trinajstić information content (AvgIpc) is 3.26. The van der Waals surface area contributed by atoms with Crippen molar-refractivity contribution in [1.82, 2.24) is 9.55 Å². The van der Waals surface area contributed by atoms with E-state index in [9.17, 15) is 13.6 Å². The van der Waals surface area contributed by atoms with Gasteiger partial charge in [0.2, 0.25) is 0 Å². The van der Waals surface area contributed by atoms with Crippen LogP contribution >= 0.6 is 11.3 Å². The Morgan fingerprint density at radius 3 is 2.64 bits per heavy atom. The van der Waals surface area contributed by atoms with Gasteiger partial charge in [0.1, 0.15) is 5.01 Å². The first-order valence-electron chi connectivity index (χ1n) is 9.29. The summed E-state index contributed by atoms with van der Waals surface area (Å²) >= 11 is 1.45. The van der Waals surface area contributed by atoms with Crippen LogP contribution in [0.15, 0.2) is 29.8 Å². The molecule has 0 aliphatic heterocycles. The molecule has 1 amide bonds. The molecule has 4 nitrogen and oxygen atoms in total. The highest BCUT2D eigenvalue weighted by Crippen LogP contribution is 2.35. The number of primary amides is 1. The lowest BCUT2D eigenvalue weighted by Crippen LogP contribution is -2.13. The van der Waals surface area contributed by atoms with Gasteiger partial charge in [0.15, 0.2) is 11.6 Å². The Bertz CT molecular complexity index is 980. The fraction of sp³-hybridized carbons (Fsp3) is 0.333. The van der Waals surface area contributed by atoms with Gasteiger partial charge < -0.3 is 10.3 Å². The van der Waals surface area contributed by atoms with Gasteiger partial charge in [0, 0.05) is 35.1 Å². The molecule has 3 aromatic rings. The van der Waals surface area contributed by atoms with Gasteiger partial charge in [-0.1, -0.05) is 25.8 Å². The topological polar surface area (TPSA) is 60.9 Å². The van der Waals surface area contributed by atoms with Gasteiger partial charge in [0.25, 0.3) is 5.91 Å². The molecule has 0 spiro atoms. The van der Waals surface area contributed by atoms with Crippen molar-refractivity contribution in [3.63, 3.8) is 0 Å². The SMILES string of the molecule is CCCCCc1c(-c2nccs2)c(C(N)=O)c(C)n1Cc1ccc(F)c(F)c1. The number of carbonyl (C=O) groups is 1. The third-order valence-corrected chi connectivity index (χ3v) is 5.66. The van der Waals surface area contributed by atoms with Crippen LogP contribution in [0.25, 0.3) is 10.6 Å². The Labute approximate surface area is 167 Å². The standard InChI is InChI=1S/C21H23F2N3OS/c1-3-4-5-6-17-19(21-25-9-10-28-21)18(20(24)27)13(2)26(17)12-14-7-8-15(22)16(23)11-14/h7-11H,3-6,12H2,1-2H3,(H2,24,27). The summed E-state index contributed by atoms with van der Waals surface area (Å²) in [6.07, 6.45) is 5.52. The fourth-order valence-corrected chi connectivity index (χ4v) is 4.22. The smallest absolute Gasteiger partial charge is 0.251 e. The van der Waals surface area contributed by atoms with Crippen LogP contribution in [0.3, 0.4) is 0 Å². The van der Waals surface area contributed by atoms with Crippen molar-refractivity contribution in [2.75, 3.05) is 0 Å². The van der Waals surface area contributed by atoms with E-state index in [1.54, 1.807) is 12.3 Å². The zero-order valence-corrected chi connectivity index (χ0v) is 16.8. The Balaban J connectivity index is 2.14. The summed E-state index contributed by atoms with van der Waals surface area (Å²) in [6.45, 7) is 4.29. The van der Waals surface area contributed by atoms with Crippen LogP contribution in [0.2, 0.25) is 0 Å². The average molecular weight is 403 g/mol. The number of unbranched alkanes of at least 4 members (excludes halogenated alkanes) is 2. The van der Waals surface area contributed by atoms with E-state index in [2.05, 4.69) is 11.9 Å². The number of rotatable bonds is 8. The summed E-state index contributed by atoms with van der Waals surface area (Å²) in [5, 5.41) is 2.60. The largest absolute Gasteiger partial charge is 0.366 e. The molecule has 0 aliphatic rings. The normalized spacial score (nSPS) is 11.1. The molecule has 0 atom stereocenters. The first-order chi connectivity index (χ1) is 13.4. The predicted octanol–water partition coefficient (Wildman–Crippen LogP) is 5.08. The molecule has 3 rings (SSSR count). The molecule has 2 heterocycles. The van der Waals surface area contributed by atoms with Crippen molar-refractivity contribution in [1.29, 1.82) is 0 Å². The van der Waals surface area contributed by atoms with Gasteiger partial charge in [-0.25, -0.2) is 13.8 Å². The van der Waals surface area contributed by atoms with Crippen LogP contribution in [0.4, 0.5) is 8.78 Å². The second-order valence-corrected chi connectivity index (χ2v) is 7.67. The third-order valence-electron chi connectivity index (χ3n) is 4.87. The van der Waals surface area contributed by atoms with E-state index in [4.69, 9.17) is 5.73 Å². The summed E-state index contributed by atoms with van der Waals surface area (Å²) in [7, 11) is 0. The molecule has 2 N–H and O–H groups in total. The van der Waals surface area contributed by atoms with Gasteiger partial charge in [-0.05, 0) is 37.5 Å². The van der Waals surface area contributed by atoms with Gasteiger partial charge in [-0.3, -0.25) is 4.79 Å². The van der Waals surface area contributed by atoms with E-state index < -0.39 is 17.5 Å². The van der Waals surface area contributed by atoms with Crippen LogP contribution in [0, 0.1) is 18.6 Å². The van der Waals surface area contributed by atoms with Crippen LogP contribution in [-0.2, 0) is 13.0 Å². The highest BCUT2D eigenvalue weighted by molar-refractivity contribution is 7.13. The summed E-state index contributed by atoms with van der Waals surface area (Å²) in [5.41, 5.74) is 9.22. The number of halogens is 2. The van der Waals surface area contributed by atoms with E-state index in [1.807, 2.05) is 16.9 Å². The molecule has 0 saturated carbocycles. The first kappa shape index (κ1) is 20.2. The number of thiazole rings is 1. The monoisotopic (exact) mass is 403 g/mol. The van der Waals surface area contributed by atoms with Gasteiger partial charge in [-0.2, -0.15) is 0 Å². The minimum atomic E-state index is -0.884. The molecule has 0 saturated heterocycles. The van der Waals surface area contributed by atoms with Crippen LogP contribution < -0.4 is 5.73 Å². The maximum absolute atomic E-state index is 13.7. The van der Waals surface area contributed by atoms with Crippen LogP contribution in [-0.4, -0.2) is 15.5 Å². The third kappa shape index (κ3) is 3.99. The summed E-state index contributed by atoms with van der Waals surface area (Å²) in [6, 6.07) is 3.87. The van der Waals surface area contributed by atoms with Gasteiger partial charge in [0.05, 0.1) is 5.56 Å². The van der Waals surface area contributed by atoms with Gasteiger partial charge in [-0.15, -0.1) is 11.3 Å².